The quantitative estimate of drug-likeness (QED) is 0.499. The molecule has 0 aliphatic heterocycles. The molecule has 0 heterocycles. The number of nitrogens with one attached hydrogen (secondary N) is 1. The number of amides is 1. The van der Waals surface area contributed by atoms with Crippen LogP contribution in [-0.2, 0) is 4.79 Å². The van der Waals surface area contributed by atoms with Crippen molar-refractivity contribution in [3.05, 3.63) is 63.2 Å². The summed E-state index contributed by atoms with van der Waals surface area (Å²) in [5.74, 6) is -0.269. The number of anilines is 1. The van der Waals surface area contributed by atoms with Gasteiger partial charge in [0.2, 0.25) is 0 Å². The van der Waals surface area contributed by atoms with E-state index in [0.717, 1.165) is 17.2 Å². The minimum atomic E-state index is -0.607. The van der Waals surface area contributed by atoms with Gasteiger partial charge in [0.15, 0.2) is 12.9 Å². The maximum atomic E-state index is 12.0. The standard InChI is InChI=1S/C17H16N2O5/c1-11-4-3-5-12(2)17(11)18-16(21)10-24-15-7-6-14(19(22)23)8-13(15)9-20/h3-9H,10H2,1-2H3,(H,18,21). The van der Waals surface area contributed by atoms with Crippen molar-refractivity contribution in [3.63, 3.8) is 0 Å². The van der Waals surface area contributed by atoms with Gasteiger partial charge in [-0.3, -0.25) is 19.7 Å². The van der Waals surface area contributed by atoms with Crippen LogP contribution in [0.4, 0.5) is 11.4 Å². The molecule has 0 atom stereocenters. The predicted octanol–water partition coefficient (Wildman–Crippen LogP) is 3.04. The van der Waals surface area contributed by atoms with Gasteiger partial charge in [-0.25, -0.2) is 0 Å². The van der Waals surface area contributed by atoms with E-state index >= 15 is 0 Å². The Morgan fingerprint density at radius 2 is 1.92 bits per heavy atom. The second kappa shape index (κ2) is 7.36. The molecule has 0 unspecified atom stereocenters. The fourth-order valence-electron chi connectivity index (χ4n) is 2.20. The predicted molar refractivity (Wildman–Crippen MR) is 88.5 cm³/mol. The molecule has 0 radical (unpaired) electrons. The maximum Gasteiger partial charge on any atom is 0.270 e. The highest BCUT2D eigenvalue weighted by Gasteiger charge is 2.13. The molecule has 124 valence electrons. The number of aryl methyl sites for hydroxylation is 2. The van der Waals surface area contributed by atoms with E-state index in [0.29, 0.717) is 12.0 Å². The lowest BCUT2D eigenvalue weighted by Crippen LogP contribution is -2.21. The average molecular weight is 328 g/mol. The third kappa shape index (κ3) is 3.95. The molecule has 0 bridgehead atoms. The van der Waals surface area contributed by atoms with E-state index in [1.807, 2.05) is 32.0 Å². The first-order chi connectivity index (χ1) is 11.4. The lowest BCUT2D eigenvalue weighted by Gasteiger charge is -2.12. The number of hydrogen-bond acceptors (Lipinski definition) is 5. The zero-order valence-electron chi connectivity index (χ0n) is 13.2. The topological polar surface area (TPSA) is 98.5 Å². The highest BCUT2D eigenvalue weighted by Crippen LogP contribution is 2.23. The third-order valence-electron chi connectivity index (χ3n) is 3.44. The molecule has 0 aliphatic rings. The Balaban J connectivity index is 2.06. The molecule has 1 N–H and O–H groups in total. The molecule has 0 saturated carbocycles. The first-order valence-electron chi connectivity index (χ1n) is 7.15. The van der Waals surface area contributed by atoms with Crippen LogP contribution in [0.2, 0.25) is 0 Å². The molecule has 0 spiro atoms. The Morgan fingerprint density at radius 3 is 2.50 bits per heavy atom. The Hall–Kier alpha value is -3.22. The SMILES string of the molecule is Cc1cccc(C)c1NC(=O)COc1ccc([N+](=O)[O-])cc1C=O. The molecule has 7 heteroatoms. The molecular formula is C17H16N2O5. The van der Waals surface area contributed by atoms with Crippen LogP contribution in [0, 0.1) is 24.0 Å². The highest BCUT2D eigenvalue weighted by molar-refractivity contribution is 5.93. The van der Waals surface area contributed by atoms with E-state index in [9.17, 15) is 19.7 Å². The fraction of sp³-hybridized carbons (Fsp3) is 0.176. The van der Waals surface area contributed by atoms with E-state index in [-0.39, 0.29) is 29.5 Å². The van der Waals surface area contributed by atoms with Crippen LogP contribution in [0.25, 0.3) is 0 Å². The fourth-order valence-corrected chi connectivity index (χ4v) is 2.20. The molecule has 0 fully saturated rings. The Bertz CT molecular complexity index is 781. The monoisotopic (exact) mass is 328 g/mol. The number of non-ortho nitro benzene ring substituents is 1. The van der Waals surface area contributed by atoms with Crippen molar-refractivity contribution in [2.45, 2.75) is 13.8 Å². The van der Waals surface area contributed by atoms with Crippen LogP contribution in [0.5, 0.6) is 5.75 Å². The number of benzene rings is 2. The van der Waals surface area contributed by atoms with Crippen molar-refractivity contribution >= 4 is 23.6 Å². The number of carbonyl (C=O) groups excluding carboxylic acids is 2. The summed E-state index contributed by atoms with van der Waals surface area (Å²) in [5.41, 5.74) is 2.36. The molecular weight excluding hydrogens is 312 g/mol. The maximum absolute atomic E-state index is 12.0. The number of nitro benzene ring substituents is 1. The van der Waals surface area contributed by atoms with Crippen LogP contribution < -0.4 is 10.1 Å². The highest BCUT2D eigenvalue weighted by atomic mass is 16.6. The summed E-state index contributed by atoms with van der Waals surface area (Å²) in [6.45, 7) is 3.45. The van der Waals surface area contributed by atoms with Crippen molar-refractivity contribution in [1.29, 1.82) is 0 Å². The molecule has 2 aromatic rings. The zero-order chi connectivity index (χ0) is 17.7. The van der Waals surface area contributed by atoms with E-state index in [1.165, 1.54) is 12.1 Å². The van der Waals surface area contributed by atoms with Crippen LogP contribution >= 0.6 is 0 Å². The summed E-state index contributed by atoms with van der Waals surface area (Å²) in [5, 5.41) is 13.5. The summed E-state index contributed by atoms with van der Waals surface area (Å²) in [6, 6.07) is 9.27. The van der Waals surface area contributed by atoms with Gasteiger partial charge in [-0.15, -0.1) is 0 Å². The average Bonchev–Trinajstić information content (AvgIpc) is 2.56. The first kappa shape index (κ1) is 17.1. The number of para-hydroxylation sites is 1. The summed E-state index contributed by atoms with van der Waals surface area (Å²) < 4.78 is 5.31. The Labute approximate surface area is 138 Å². The van der Waals surface area contributed by atoms with Crippen molar-refractivity contribution in [2.75, 3.05) is 11.9 Å². The van der Waals surface area contributed by atoms with E-state index in [1.54, 1.807) is 0 Å². The molecule has 0 aliphatic carbocycles. The molecule has 2 rings (SSSR count). The molecule has 7 nitrogen and oxygen atoms in total. The van der Waals surface area contributed by atoms with Gasteiger partial charge in [-0.1, -0.05) is 18.2 Å². The number of hydrogen-bond donors (Lipinski definition) is 1. The van der Waals surface area contributed by atoms with Gasteiger partial charge in [-0.05, 0) is 31.0 Å². The van der Waals surface area contributed by atoms with Crippen LogP contribution in [0.1, 0.15) is 21.5 Å². The molecule has 0 aromatic heterocycles. The number of nitrogens with zero attached hydrogens (tertiary/aromatic N) is 1. The van der Waals surface area contributed by atoms with E-state index in [4.69, 9.17) is 4.74 Å². The lowest BCUT2D eigenvalue weighted by molar-refractivity contribution is -0.384. The Kier molecular flexibility index (Phi) is 5.26. The van der Waals surface area contributed by atoms with Gasteiger partial charge < -0.3 is 10.1 Å². The largest absolute Gasteiger partial charge is 0.483 e. The minimum absolute atomic E-state index is 0.0177. The molecule has 1 amide bonds. The third-order valence-corrected chi connectivity index (χ3v) is 3.44. The summed E-state index contributed by atoms with van der Waals surface area (Å²) in [4.78, 5) is 33.1. The van der Waals surface area contributed by atoms with Crippen LogP contribution in [0.15, 0.2) is 36.4 Å². The number of carbonyl (C=O) groups is 2. The summed E-state index contributed by atoms with van der Waals surface area (Å²) in [6.07, 6.45) is 0.450. The summed E-state index contributed by atoms with van der Waals surface area (Å²) >= 11 is 0. The molecule has 0 saturated heterocycles. The first-order valence-corrected chi connectivity index (χ1v) is 7.15. The van der Waals surface area contributed by atoms with Crippen molar-refractivity contribution < 1.29 is 19.2 Å². The number of ether oxygens (including phenoxy) is 1. The van der Waals surface area contributed by atoms with Crippen molar-refractivity contribution in [2.24, 2.45) is 0 Å². The van der Waals surface area contributed by atoms with Gasteiger partial charge in [0.25, 0.3) is 11.6 Å². The Morgan fingerprint density at radius 1 is 1.25 bits per heavy atom. The zero-order valence-corrected chi connectivity index (χ0v) is 13.2. The second-order valence-electron chi connectivity index (χ2n) is 5.20. The van der Waals surface area contributed by atoms with Crippen molar-refractivity contribution in [1.82, 2.24) is 0 Å². The van der Waals surface area contributed by atoms with Crippen LogP contribution in [-0.4, -0.2) is 23.7 Å². The molecule has 24 heavy (non-hydrogen) atoms. The van der Waals surface area contributed by atoms with Gasteiger partial charge in [0.1, 0.15) is 5.75 Å². The number of aldehydes is 1. The summed E-state index contributed by atoms with van der Waals surface area (Å²) in [7, 11) is 0. The normalized spacial score (nSPS) is 10.1. The van der Waals surface area contributed by atoms with E-state index < -0.39 is 4.92 Å². The number of rotatable bonds is 6. The van der Waals surface area contributed by atoms with Gasteiger partial charge >= 0.3 is 0 Å². The number of nitro groups is 1. The smallest absolute Gasteiger partial charge is 0.270 e. The van der Waals surface area contributed by atoms with Crippen LogP contribution in [0.3, 0.4) is 0 Å². The minimum Gasteiger partial charge on any atom is -0.483 e. The van der Waals surface area contributed by atoms with E-state index in [2.05, 4.69) is 5.32 Å². The van der Waals surface area contributed by atoms with Gasteiger partial charge in [0.05, 0.1) is 10.5 Å². The van der Waals surface area contributed by atoms with Gasteiger partial charge in [0, 0.05) is 17.8 Å². The lowest BCUT2D eigenvalue weighted by atomic mass is 10.1. The second-order valence-corrected chi connectivity index (χ2v) is 5.20. The van der Waals surface area contributed by atoms with Gasteiger partial charge in [-0.2, -0.15) is 0 Å². The van der Waals surface area contributed by atoms with Crippen molar-refractivity contribution in [3.8, 4) is 5.75 Å². The molecule has 2 aromatic carbocycles.